The van der Waals surface area contributed by atoms with E-state index in [1.165, 1.54) is 51.7 Å². The van der Waals surface area contributed by atoms with Gasteiger partial charge in [-0.05, 0) is 51.1 Å². The summed E-state index contributed by atoms with van der Waals surface area (Å²) in [5, 5.41) is 0. The quantitative estimate of drug-likeness (QED) is 0.732. The van der Waals surface area contributed by atoms with Crippen LogP contribution in [0.2, 0.25) is 0 Å². The van der Waals surface area contributed by atoms with Gasteiger partial charge in [-0.1, -0.05) is 13.3 Å². The highest BCUT2D eigenvalue weighted by molar-refractivity contribution is 4.91. The van der Waals surface area contributed by atoms with E-state index in [0.717, 1.165) is 0 Å². The van der Waals surface area contributed by atoms with E-state index in [1.807, 2.05) is 0 Å². The van der Waals surface area contributed by atoms with Crippen LogP contribution in [-0.4, -0.2) is 30.1 Å². The van der Waals surface area contributed by atoms with Crippen LogP contribution in [0.1, 0.15) is 46.0 Å². The van der Waals surface area contributed by atoms with E-state index < -0.39 is 0 Å². The molecule has 2 fully saturated rings. The largest absolute Gasteiger partial charge is 0.325 e. The maximum absolute atomic E-state index is 6.12. The molecular weight excluding hydrogens is 172 g/mol. The van der Waals surface area contributed by atoms with Gasteiger partial charge in [-0.2, -0.15) is 0 Å². The molecule has 0 bridgehead atoms. The first-order chi connectivity index (χ1) is 6.49. The first kappa shape index (κ1) is 10.4. The molecule has 0 aromatic rings. The summed E-state index contributed by atoms with van der Waals surface area (Å²) in [4.78, 5) is 2.62. The summed E-state index contributed by atoms with van der Waals surface area (Å²) in [5.74, 6) is 0. The van der Waals surface area contributed by atoms with Gasteiger partial charge in [0.1, 0.15) is 0 Å². The molecule has 0 amide bonds. The summed E-state index contributed by atoms with van der Waals surface area (Å²) in [6.07, 6.45) is 6.65. The molecule has 2 aliphatic rings. The van der Waals surface area contributed by atoms with Crippen molar-refractivity contribution in [2.24, 2.45) is 11.1 Å². The van der Waals surface area contributed by atoms with Gasteiger partial charge in [0.05, 0.1) is 0 Å². The van der Waals surface area contributed by atoms with Gasteiger partial charge in [0.15, 0.2) is 0 Å². The van der Waals surface area contributed by atoms with Crippen LogP contribution in [0.5, 0.6) is 0 Å². The Bertz CT molecular complexity index is 196. The molecule has 0 aromatic carbocycles. The second-order valence-electron chi connectivity index (χ2n) is 6.09. The molecule has 0 spiro atoms. The van der Waals surface area contributed by atoms with Crippen LogP contribution in [0.3, 0.4) is 0 Å². The van der Waals surface area contributed by atoms with E-state index in [9.17, 15) is 0 Å². The molecule has 1 heterocycles. The molecular formula is C12H24N2. The van der Waals surface area contributed by atoms with E-state index in [4.69, 9.17) is 5.73 Å². The van der Waals surface area contributed by atoms with Gasteiger partial charge in [0.2, 0.25) is 0 Å². The molecule has 1 saturated carbocycles. The van der Waals surface area contributed by atoms with Crippen LogP contribution in [0.15, 0.2) is 0 Å². The average Bonchev–Trinajstić information content (AvgIpc) is 2.06. The third kappa shape index (κ3) is 2.29. The first-order valence-corrected chi connectivity index (χ1v) is 6.01. The monoisotopic (exact) mass is 196 g/mol. The Hall–Kier alpha value is -0.0800. The minimum atomic E-state index is 0.108. The van der Waals surface area contributed by atoms with E-state index >= 15 is 0 Å². The summed E-state index contributed by atoms with van der Waals surface area (Å²) in [6.45, 7) is 8.36. The number of rotatable bonds is 2. The predicted octanol–water partition coefficient (Wildman–Crippen LogP) is 1.99. The second-order valence-corrected chi connectivity index (χ2v) is 6.09. The molecule has 0 atom stereocenters. The molecule has 0 radical (unpaired) electrons. The van der Waals surface area contributed by atoms with Crippen LogP contribution in [-0.2, 0) is 0 Å². The zero-order chi connectivity index (χ0) is 10.2. The summed E-state index contributed by atoms with van der Waals surface area (Å²) in [6, 6.07) is 0. The van der Waals surface area contributed by atoms with Gasteiger partial charge in [-0.15, -0.1) is 0 Å². The zero-order valence-electron chi connectivity index (χ0n) is 9.68. The third-order valence-electron chi connectivity index (χ3n) is 4.16. The van der Waals surface area contributed by atoms with Crippen molar-refractivity contribution >= 4 is 0 Å². The molecule has 1 aliphatic heterocycles. The van der Waals surface area contributed by atoms with Crippen molar-refractivity contribution in [3.8, 4) is 0 Å². The van der Waals surface area contributed by atoms with Crippen molar-refractivity contribution in [3.05, 3.63) is 0 Å². The van der Waals surface area contributed by atoms with Gasteiger partial charge >= 0.3 is 0 Å². The summed E-state index contributed by atoms with van der Waals surface area (Å²) in [5.41, 5.74) is 6.87. The second kappa shape index (κ2) is 3.49. The van der Waals surface area contributed by atoms with Crippen LogP contribution in [0.4, 0.5) is 0 Å². The number of hydrogen-bond acceptors (Lipinski definition) is 2. The molecule has 1 saturated heterocycles. The third-order valence-corrected chi connectivity index (χ3v) is 4.16. The Morgan fingerprint density at radius 3 is 2.07 bits per heavy atom. The molecule has 2 N–H and O–H groups in total. The minimum Gasteiger partial charge on any atom is -0.325 e. The van der Waals surface area contributed by atoms with Crippen molar-refractivity contribution in [2.75, 3.05) is 19.6 Å². The smallest absolute Gasteiger partial charge is 0.0150 e. The number of likely N-dealkylation sites (tertiary alicyclic amines) is 1. The lowest BCUT2D eigenvalue weighted by Gasteiger charge is -2.45. The van der Waals surface area contributed by atoms with Crippen LogP contribution >= 0.6 is 0 Å². The lowest BCUT2D eigenvalue weighted by Crippen LogP contribution is -2.51. The molecule has 82 valence electrons. The van der Waals surface area contributed by atoms with E-state index in [1.54, 1.807) is 0 Å². The highest BCUT2D eigenvalue weighted by atomic mass is 15.1. The summed E-state index contributed by atoms with van der Waals surface area (Å²) < 4.78 is 0. The van der Waals surface area contributed by atoms with Crippen LogP contribution in [0, 0.1) is 5.41 Å². The van der Waals surface area contributed by atoms with Crippen molar-refractivity contribution in [2.45, 2.75) is 51.5 Å². The molecule has 0 aromatic heterocycles. The van der Waals surface area contributed by atoms with Gasteiger partial charge < -0.3 is 10.6 Å². The number of nitrogens with two attached hydrogens (primary N) is 1. The minimum absolute atomic E-state index is 0.108. The van der Waals surface area contributed by atoms with Gasteiger partial charge in [0.25, 0.3) is 0 Å². The SMILES string of the molecule is CC1(N)CCN(CC2(C)CCC2)CC1. The predicted molar refractivity (Wildman–Crippen MR) is 60.2 cm³/mol. The fraction of sp³-hybridized carbons (Fsp3) is 1.00. The van der Waals surface area contributed by atoms with Crippen molar-refractivity contribution in [1.82, 2.24) is 4.90 Å². The van der Waals surface area contributed by atoms with Crippen molar-refractivity contribution in [1.29, 1.82) is 0 Å². The normalized spacial score (nSPS) is 31.1. The van der Waals surface area contributed by atoms with Gasteiger partial charge in [-0.3, -0.25) is 0 Å². The molecule has 2 heteroatoms. The van der Waals surface area contributed by atoms with Crippen LogP contribution in [0.25, 0.3) is 0 Å². The highest BCUT2D eigenvalue weighted by Gasteiger charge is 2.35. The fourth-order valence-electron chi connectivity index (χ4n) is 2.70. The molecule has 2 rings (SSSR count). The van der Waals surface area contributed by atoms with E-state index in [-0.39, 0.29) is 5.54 Å². The summed E-state index contributed by atoms with van der Waals surface area (Å²) >= 11 is 0. The fourth-order valence-corrected chi connectivity index (χ4v) is 2.70. The molecule has 0 unspecified atom stereocenters. The number of piperidine rings is 1. The molecule has 14 heavy (non-hydrogen) atoms. The first-order valence-electron chi connectivity index (χ1n) is 6.01. The van der Waals surface area contributed by atoms with Gasteiger partial charge in [0, 0.05) is 12.1 Å². The van der Waals surface area contributed by atoms with E-state index in [2.05, 4.69) is 18.7 Å². The standard InChI is InChI=1S/C12H24N2/c1-11(4-3-5-11)10-14-8-6-12(2,13)7-9-14/h3-10,13H2,1-2H3. The van der Waals surface area contributed by atoms with Crippen molar-refractivity contribution in [3.63, 3.8) is 0 Å². The lowest BCUT2D eigenvalue weighted by atomic mass is 9.70. The Morgan fingerprint density at radius 1 is 1.07 bits per heavy atom. The number of hydrogen-bond donors (Lipinski definition) is 1. The lowest BCUT2D eigenvalue weighted by molar-refractivity contribution is 0.0608. The topological polar surface area (TPSA) is 29.3 Å². The zero-order valence-corrected chi connectivity index (χ0v) is 9.68. The Morgan fingerprint density at radius 2 is 1.64 bits per heavy atom. The van der Waals surface area contributed by atoms with Gasteiger partial charge in [-0.25, -0.2) is 0 Å². The Labute approximate surface area is 87.8 Å². The number of nitrogens with zero attached hydrogens (tertiary/aromatic N) is 1. The maximum atomic E-state index is 6.12. The highest BCUT2D eigenvalue weighted by Crippen LogP contribution is 2.41. The molecule has 1 aliphatic carbocycles. The van der Waals surface area contributed by atoms with Crippen LogP contribution < -0.4 is 5.73 Å². The maximum Gasteiger partial charge on any atom is 0.0150 e. The average molecular weight is 196 g/mol. The Kier molecular flexibility index (Phi) is 2.61. The Balaban J connectivity index is 1.78. The van der Waals surface area contributed by atoms with E-state index in [0.29, 0.717) is 5.41 Å². The summed E-state index contributed by atoms with van der Waals surface area (Å²) in [7, 11) is 0. The van der Waals surface area contributed by atoms with Crippen molar-refractivity contribution < 1.29 is 0 Å². The molecule has 2 nitrogen and oxygen atoms in total.